The molecule has 1 saturated carbocycles. The van der Waals surface area contributed by atoms with Crippen molar-refractivity contribution in [2.45, 2.75) is 51.0 Å². The first-order valence-electron chi connectivity index (χ1n) is 6.70. The summed E-state index contributed by atoms with van der Waals surface area (Å²) in [6.07, 6.45) is 6.87. The summed E-state index contributed by atoms with van der Waals surface area (Å²) in [6, 6.07) is 0. The third kappa shape index (κ3) is 4.40. The monoisotopic (exact) mass is 228 g/mol. The van der Waals surface area contributed by atoms with Crippen LogP contribution in [0, 0.1) is 5.92 Å². The van der Waals surface area contributed by atoms with Crippen LogP contribution in [0.25, 0.3) is 0 Å². The number of aliphatic hydroxyl groups is 1. The fourth-order valence-corrected chi connectivity index (χ4v) is 2.31. The quantitative estimate of drug-likeness (QED) is 0.663. The molecule has 0 saturated heterocycles. The van der Waals surface area contributed by atoms with Gasteiger partial charge in [0.25, 0.3) is 0 Å². The molecule has 0 amide bonds. The first-order chi connectivity index (χ1) is 7.59. The van der Waals surface area contributed by atoms with Gasteiger partial charge in [0.1, 0.15) is 0 Å². The van der Waals surface area contributed by atoms with E-state index in [4.69, 9.17) is 5.73 Å². The lowest BCUT2D eigenvalue weighted by Gasteiger charge is -2.31. The van der Waals surface area contributed by atoms with Crippen LogP contribution in [0.5, 0.6) is 0 Å². The Labute approximate surface area is 100 Å². The van der Waals surface area contributed by atoms with Gasteiger partial charge >= 0.3 is 0 Å². The van der Waals surface area contributed by atoms with Crippen molar-refractivity contribution >= 4 is 0 Å². The van der Waals surface area contributed by atoms with Crippen molar-refractivity contribution in [1.82, 2.24) is 4.90 Å². The third-order valence-corrected chi connectivity index (χ3v) is 4.01. The number of nitrogens with zero attached hydrogens (tertiary/aromatic N) is 1. The number of nitrogens with two attached hydrogens (primary N) is 1. The molecule has 0 aromatic heterocycles. The highest BCUT2D eigenvalue weighted by Crippen LogP contribution is 2.26. The largest absolute Gasteiger partial charge is 0.389 e. The number of rotatable bonds is 8. The molecule has 0 aliphatic heterocycles. The Morgan fingerprint density at radius 2 is 2.12 bits per heavy atom. The smallest absolute Gasteiger partial charge is 0.0767 e. The minimum Gasteiger partial charge on any atom is -0.389 e. The minimum atomic E-state index is -0.628. The Morgan fingerprint density at radius 1 is 1.44 bits per heavy atom. The molecular formula is C13H28N2O. The summed E-state index contributed by atoms with van der Waals surface area (Å²) in [6.45, 7) is 4.70. The topological polar surface area (TPSA) is 49.5 Å². The van der Waals surface area contributed by atoms with E-state index in [2.05, 4.69) is 11.9 Å². The van der Waals surface area contributed by atoms with Crippen LogP contribution >= 0.6 is 0 Å². The summed E-state index contributed by atoms with van der Waals surface area (Å²) in [5.41, 5.74) is 4.95. The van der Waals surface area contributed by atoms with Gasteiger partial charge in [-0.15, -0.1) is 0 Å². The zero-order chi connectivity index (χ0) is 12.0. The SMILES string of the molecule is CCC(O)(CN)CCCN(C)CC1CCC1. The second-order valence-corrected chi connectivity index (χ2v) is 5.44. The van der Waals surface area contributed by atoms with Crippen molar-refractivity contribution in [3.05, 3.63) is 0 Å². The predicted molar refractivity (Wildman–Crippen MR) is 68.4 cm³/mol. The van der Waals surface area contributed by atoms with Crippen molar-refractivity contribution in [2.24, 2.45) is 11.7 Å². The summed E-state index contributed by atoms with van der Waals surface area (Å²) in [7, 11) is 2.19. The predicted octanol–water partition coefficient (Wildman–Crippen LogP) is 1.60. The van der Waals surface area contributed by atoms with Gasteiger partial charge in [0.05, 0.1) is 5.60 Å². The Balaban J connectivity index is 2.08. The standard InChI is InChI=1S/C13H28N2O/c1-3-13(16,11-14)8-5-9-15(2)10-12-6-4-7-12/h12,16H,3-11,14H2,1-2H3. The average Bonchev–Trinajstić information content (AvgIpc) is 2.23. The van der Waals surface area contributed by atoms with Crippen LogP contribution in [0.4, 0.5) is 0 Å². The molecule has 0 aromatic carbocycles. The van der Waals surface area contributed by atoms with E-state index in [0.29, 0.717) is 6.54 Å². The van der Waals surface area contributed by atoms with Gasteiger partial charge in [-0.2, -0.15) is 0 Å². The molecule has 1 fully saturated rings. The van der Waals surface area contributed by atoms with E-state index in [1.165, 1.54) is 25.8 Å². The van der Waals surface area contributed by atoms with Crippen LogP contribution in [0.1, 0.15) is 45.4 Å². The van der Waals surface area contributed by atoms with Crippen LogP contribution < -0.4 is 5.73 Å². The van der Waals surface area contributed by atoms with Gasteiger partial charge in [-0.25, -0.2) is 0 Å². The molecule has 16 heavy (non-hydrogen) atoms. The maximum atomic E-state index is 10.0. The number of hydrogen-bond donors (Lipinski definition) is 2. The molecule has 1 rings (SSSR count). The summed E-state index contributed by atoms with van der Waals surface area (Å²) >= 11 is 0. The van der Waals surface area contributed by atoms with Crippen LogP contribution in [-0.4, -0.2) is 42.3 Å². The van der Waals surface area contributed by atoms with Gasteiger partial charge < -0.3 is 15.7 Å². The Bertz CT molecular complexity index is 188. The molecule has 1 atom stereocenters. The normalized spacial score (nSPS) is 20.8. The van der Waals surface area contributed by atoms with Crippen molar-refractivity contribution in [2.75, 3.05) is 26.7 Å². The maximum absolute atomic E-state index is 10.0. The lowest BCUT2D eigenvalue weighted by molar-refractivity contribution is 0.0316. The van der Waals surface area contributed by atoms with Gasteiger partial charge in [-0.1, -0.05) is 13.3 Å². The third-order valence-electron chi connectivity index (χ3n) is 4.01. The van der Waals surface area contributed by atoms with E-state index < -0.39 is 5.60 Å². The fraction of sp³-hybridized carbons (Fsp3) is 1.00. The first kappa shape index (κ1) is 13.9. The molecule has 1 unspecified atom stereocenters. The molecule has 0 bridgehead atoms. The molecule has 96 valence electrons. The Hall–Kier alpha value is -0.120. The highest BCUT2D eigenvalue weighted by molar-refractivity contribution is 4.78. The molecule has 0 heterocycles. The van der Waals surface area contributed by atoms with Crippen LogP contribution in [0.3, 0.4) is 0 Å². The molecule has 0 spiro atoms. The van der Waals surface area contributed by atoms with E-state index in [1.54, 1.807) is 0 Å². The molecular weight excluding hydrogens is 200 g/mol. The molecule has 0 aromatic rings. The highest BCUT2D eigenvalue weighted by atomic mass is 16.3. The van der Waals surface area contributed by atoms with Gasteiger partial charge in [0, 0.05) is 13.1 Å². The molecule has 0 radical (unpaired) electrons. The summed E-state index contributed by atoms with van der Waals surface area (Å²) in [5, 5.41) is 10.0. The van der Waals surface area contributed by atoms with E-state index >= 15 is 0 Å². The van der Waals surface area contributed by atoms with Crippen molar-refractivity contribution in [1.29, 1.82) is 0 Å². The highest BCUT2D eigenvalue weighted by Gasteiger charge is 2.23. The average molecular weight is 228 g/mol. The molecule has 3 N–H and O–H groups in total. The zero-order valence-electron chi connectivity index (χ0n) is 10.9. The van der Waals surface area contributed by atoms with Crippen molar-refractivity contribution < 1.29 is 5.11 Å². The second kappa shape index (κ2) is 6.58. The summed E-state index contributed by atoms with van der Waals surface area (Å²) in [4.78, 5) is 2.40. The molecule has 3 heteroatoms. The number of hydrogen-bond acceptors (Lipinski definition) is 3. The van der Waals surface area contributed by atoms with E-state index in [9.17, 15) is 5.11 Å². The minimum absolute atomic E-state index is 0.385. The lowest BCUT2D eigenvalue weighted by Crippen LogP contribution is -2.38. The summed E-state index contributed by atoms with van der Waals surface area (Å²) < 4.78 is 0. The van der Waals surface area contributed by atoms with E-state index in [1.807, 2.05) is 6.92 Å². The Morgan fingerprint density at radius 3 is 2.56 bits per heavy atom. The van der Waals surface area contributed by atoms with Crippen LogP contribution in [-0.2, 0) is 0 Å². The lowest BCUT2D eigenvalue weighted by atomic mass is 9.85. The molecule has 1 aliphatic carbocycles. The van der Waals surface area contributed by atoms with Gasteiger partial charge in [-0.05, 0) is 51.6 Å². The van der Waals surface area contributed by atoms with Gasteiger partial charge in [-0.3, -0.25) is 0 Å². The first-order valence-corrected chi connectivity index (χ1v) is 6.70. The van der Waals surface area contributed by atoms with E-state index in [0.717, 1.165) is 31.7 Å². The van der Waals surface area contributed by atoms with Crippen LogP contribution in [0.2, 0.25) is 0 Å². The molecule has 1 aliphatic rings. The van der Waals surface area contributed by atoms with E-state index in [-0.39, 0.29) is 0 Å². The van der Waals surface area contributed by atoms with Crippen LogP contribution in [0.15, 0.2) is 0 Å². The fourth-order valence-electron chi connectivity index (χ4n) is 2.31. The Kier molecular flexibility index (Phi) is 5.73. The zero-order valence-corrected chi connectivity index (χ0v) is 10.9. The van der Waals surface area contributed by atoms with Crippen molar-refractivity contribution in [3.63, 3.8) is 0 Å². The summed E-state index contributed by atoms with van der Waals surface area (Å²) in [5.74, 6) is 0.935. The maximum Gasteiger partial charge on any atom is 0.0767 e. The van der Waals surface area contributed by atoms with Gasteiger partial charge in [0.2, 0.25) is 0 Å². The van der Waals surface area contributed by atoms with Crippen molar-refractivity contribution in [3.8, 4) is 0 Å². The second-order valence-electron chi connectivity index (χ2n) is 5.44. The van der Waals surface area contributed by atoms with Gasteiger partial charge in [0.15, 0.2) is 0 Å². The molecule has 3 nitrogen and oxygen atoms in total.